The third-order valence-electron chi connectivity index (χ3n) is 4.55. The van der Waals surface area contributed by atoms with Crippen molar-refractivity contribution < 1.29 is 14.4 Å². The molecule has 0 bridgehead atoms. The van der Waals surface area contributed by atoms with Crippen LogP contribution in [0.4, 0.5) is 0 Å². The fourth-order valence-electron chi connectivity index (χ4n) is 3.13. The van der Waals surface area contributed by atoms with Crippen LogP contribution in [-0.2, 0) is 20.8 Å². The van der Waals surface area contributed by atoms with Crippen molar-refractivity contribution in [2.24, 2.45) is 5.10 Å². The lowest BCUT2D eigenvalue weighted by Crippen LogP contribution is -2.55. The Bertz CT molecular complexity index is 1150. The van der Waals surface area contributed by atoms with Gasteiger partial charge >= 0.3 is 0 Å². The Labute approximate surface area is 171 Å². The molecule has 4 rings (SSSR count). The summed E-state index contributed by atoms with van der Waals surface area (Å²) < 4.78 is 0. The standard InChI is InChI=1S/C21H16N4O3S/c26-18(10-15-13-22-17-9-5-4-8-16(15)17)24-19(27)11-20(28)25(21(24)29)23-12-14-6-2-1-3-7-14/h1-9,12-13,22H,10-11H2/b23-12+. The summed E-state index contributed by atoms with van der Waals surface area (Å²) in [5.41, 5.74) is 2.40. The maximum atomic E-state index is 12.9. The molecule has 0 aliphatic carbocycles. The van der Waals surface area contributed by atoms with E-state index >= 15 is 0 Å². The van der Waals surface area contributed by atoms with Gasteiger partial charge in [0.1, 0.15) is 6.42 Å². The number of thiocarbonyl (C=S) groups is 1. The second-order valence-corrected chi connectivity index (χ2v) is 6.84. The van der Waals surface area contributed by atoms with Crippen LogP contribution in [-0.4, -0.2) is 43.9 Å². The van der Waals surface area contributed by atoms with Gasteiger partial charge in [-0.25, -0.2) is 4.90 Å². The third kappa shape index (κ3) is 3.70. The van der Waals surface area contributed by atoms with Gasteiger partial charge in [-0.1, -0.05) is 48.5 Å². The quantitative estimate of drug-likeness (QED) is 0.411. The van der Waals surface area contributed by atoms with Gasteiger partial charge < -0.3 is 4.98 Å². The minimum Gasteiger partial charge on any atom is -0.361 e. The molecular weight excluding hydrogens is 388 g/mol. The predicted octanol–water partition coefficient (Wildman–Crippen LogP) is 2.62. The first-order valence-corrected chi connectivity index (χ1v) is 9.32. The van der Waals surface area contributed by atoms with Crippen LogP contribution >= 0.6 is 12.2 Å². The molecule has 7 nitrogen and oxygen atoms in total. The smallest absolute Gasteiger partial charge is 0.258 e. The zero-order valence-electron chi connectivity index (χ0n) is 15.2. The zero-order chi connectivity index (χ0) is 20.4. The Morgan fingerprint density at radius 1 is 1.07 bits per heavy atom. The summed E-state index contributed by atoms with van der Waals surface area (Å²) in [6, 6.07) is 16.7. The first-order chi connectivity index (χ1) is 14.0. The largest absolute Gasteiger partial charge is 0.361 e. The Hall–Kier alpha value is -3.65. The lowest BCUT2D eigenvalue weighted by molar-refractivity contribution is -0.146. The van der Waals surface area contributed by atoms with Crippen molar-refractivity contribution >= 4 is 52.2 Å². The van der Waals surface area contributed by atoms with E-state index in [9.17, 15) is 14.4 Å². The zero-order valence-corrected chi connectivity index (χ0v) is 16.1. The Morgan fingerprint density at radius 2 is 1.79 bits per heavy atom. The highest BCUT2D eigenvalue weighted by molar-refractivity contribution is 7.80. The summed E-state index contributed by atoms with van der Waals surface area (Å²) in [5.74, 6) is -1.71. The second-order valence-electron chi connectivity index (χ2n) is 6.48. The molecule has 1 aliphatic heterocycles. The van der Waals surface area contributed by atoms with Crippen molar-refractivity contribution in [2.45, 2.75) is 12.8 Å². The number of carbonyl (C=O) groups excluding carboxylic acids is 3. The molecule has 0 spiro atoms. The number of H-pyrrole nitrogens is 1. The SMILES string of the molecule is O=C1CC(=O)N(C(=O)Cc2c[nH]c3ccccc23)C(=S)N1/N=C/c1ccccc1. The fourth-order valence-corrected chi connectivity index (χ4v) is 3.49. The molecule has 1 aromatic heterocycles. The van der Waals surface area contributed by atoms with Crippen LogP contribution in [0.25, 0.3) is 10.9 Å². The van der Waals surface area contributed by atoms with E-state index in [4.69, 9.17) is 12.2 Å². The summed E-state index contributed by atoms with van der Waals surface area (Å²) in [7, 11) is 0. The first-order valence-electron chi connectivity index (χ1n) is 8.91. The van der Waals surface area contributed by atoms with E-state index in [1.165, 1.54) is 6.21 Å². The van der Waals surface area contributed by atoms with Crippen LogP contribution < -0.4 is 0 Å². The number of hydrazone groups is 1. The van der Waals surface area contributed by atoms with Crippen molar-refractivity contribution in [1.82, 2.24) is 14.9 Å². The molecule has 2 heterocycles. The molecule has 1 saturated heterocycles. The van der Waals surface area contributed by atoms with E-state index in [2.05, 4.69) is 10.1 Å². The average Bonchev–Trinajstić information content (AvgIpc) is 3.11. The maximum absolute atomic E-state index is 12.9. The number of rotatable bonds is 4. The van der Waals surface area contributed by atoms with Crippen LogP contribution in [0, 0.1) is 0 Å². The van der Waals surface area contributed by atoms with Crippen molar-refractivity contribution in [2.75, 3.05) is 0 Å². The van der Waals surface area contributed by atoms with Gasteiger partial charge in [0.25, 0.3) is 5.91 Å². The van der Waals surface area contributed by atoms with Crippen LogP contribution in [0.15, 0.2) is 65.9 Å². The first kappa shape index (κ1) is 18.7. The number of carbonyl (C=O) groups is 3. The van der Waals surface area contributed by atoms with E-state index < -0.39 is 24.1 Å². The van der Waals surface area contributed by atoms with Crippen molar-refractivity contribution in [1.29, 1.82) is 0 Å². The number of amides is 3. The third-order valence-corrected chi connectivity index (χ3v) is 4.90. The second kappa shape index (κ2) is 7.76. The van der Waals surface area contributed by atoms with Crippen LogP contribution in [0.3, 0.4) is 0 Å². The molecule has 0 saturated carbocycles. The Balaban J connectivity index is 1.56. The van der Waals surface area contributed by atoms with E-state index in [1.54, 1.807) is 6.20 Å². The number of aromatic nitrogens is 1. The minimum atomic E-state index is -0.643. The summed E-state index contributed by atoms with van der Waals surface area (Å²) in [6.07, 6.45) is 2.70. The molecule has 3 aromatic rings. The van der Waals surface area contributed by atoms with E-state index in [-0.39, 0.29) is 11.5 Å². The summed E-state index contributed by atoms with van der Waals surface area (Å²) in [4.78, 5) is 41.5. The van der Waals surface area contributed by atoms with Crippen LogP contribution in [0.5, 0.6) is 0 Å². The highest BCUT2D eigenvalue weighted by Crippen LogP contribution is 2.21. The Kier molecular flexibility index (Phi) is 5.01. The number of hydrogen-bond acceptors (Lipinski definition) is 5. The van der Waals surface area contributed by atoms with Crippen LogP contribution in [0.2, 0.25) is 0 Å². The number of imide groups is 1. The fraction of sp³-hybridized carbons (Fsp3) is 0.0952. The van der Waals surface area contributed by atoms with Gasteiger partial charge in [-0.15, -0.1) is 0 Å². The Morgan fingerprint density at radius 3 is 2.59 bits per heavy atom. The van der Waals surface area contributed by atoms with Crippen molar-refractivity contribution in [3.05, 3.63) is 71.9 Å². The number of benzene rings is 2. The molecule has 1 fully saturated rings. The monoisotopic (exact) mass is 404 g/mol. The molecule has 0 unspecified atom stereocenters. The van der Waals surface area contributed by atoms with Crippen LogP contribution in [0.1, 0.15) is 17.5 Å². The van der Waals surface area contributed by atoms with Gasteiger partial charge in [0, 0.05) is 17.1 Å². The van der Waals surface area contributed by atoms with Gasteiger partial charge in [0.2, 0.25) is 16.9 Å². The van der Waals surface area contributed by atoms with Crippen molar-refractivity contribution in [3.63, 3.8) is 0 Å². The molecule has 29 heavy (non-hydrogen) atoms. The number of hydrogen-bond donors (Lipinski definition) is 1. The number of para-hydroxylation sites is 1. The van der Waals surface area contributed by atoms with Gasteiger partial charge in [-0.3, -0.25) is 14.4 Å². The summed E-state index contributed by atoms with van der Waals surface area (Å²) in [6.45, 7) is 0. The highest BCUT2D eigenvalue weighted by Gasteiger charge is 2.39. The molecule has 144 valence electrons. The lowest BCUT2D eigenvalue weighted by atomic mass is 10.1. The van der Waals surface area contributed by atoms with Gasteiger partial charge in [0.15, 0.2) is 0 Å². The molecule has 2 aromatic carbocycles. The molecule has 8 heteroatoms. The highest BCUT2D eigenvalue weighted by atomic mass is 32.1. The number of aromatic amines is 1. The van der Waals surface area contributed by atoms with Gasteiger partial charge in [-0.2, -0.15) is 10.1 Å². The molecule has 3 amide bonds. The van der Waals surface area contributed by atoms with Crippen molar-refractivity contribution in [3.8, 4) is 0 Å². The molecule has 0 atom stereocenters. The average molecular weight is 404 g/mol. The summed E-state index contributed by atoms with van der Waals surface area (Å²) in [5, 5.41) is 5.68. The molecule has 1 aliphatic rings. The van der Waals surface area contributed by atoms with Gasteiger partial charge in [0.05, 0.1) is 12.6 Å². The van der Waals surface area contributed by atoms with E-state index in [1.807, 2.05) is 54.6 Å². The molecule has 1 N–H and O–H groups in total. The predicted molar refractivity (Wildman–Crippen MR) is 112 cm³/mol. The van der Waals surface area contributed by atoms with Gasteiger partial charge in [-0.05, 0) is 29.4 Å². The van der Waals surface area contributed by atoms with E-state index in [0.717, 1.165) is 31.9 Å². The molecule has 0 radical (unpaired) electrons. The minimum absolute atomic E-state index is 0.0275. The number of nitrogens with zero attached hydrogens (tertiary/aromatic N) is 3. The topological polar surface area (TPSA) is 85.8 Å². The number of fused-ring (bicyclic) bond motifs is 1. The lowest BCUT2D eigenvalue weighted by Gasteiger charge is -2.30. The molecular formula is C21H16N4O3S. The summed E-state index contributed by atoms with van der Waals surface area (Å²) >= 11 is 5.25. The maximum Gasteiger partial charge on any atom is 0.258 e. The van der Waals surface area contributed by atoms with E-state index in [0.29, 0.717) is 0 Å². The normalized spacial score (nSPS) is 15.0. The number of nitrogens with one attached hydrogen (secondary N) is 1.